The molecule has 1 aromatic carbocycles. The number of likely N-dealkylation sites (N-methyl/N-ethyl adjacent to an activating group) is 1. The summed E-state index contributed by atoms with van der Waals surface area (Å²) >= 11 is 0. The van der Waals surface area contributed by atoms with Crippen LogP contribution >= 0.6 is 12.4 Å². The molecule has 1 atom stereocenters. The van der Waals surface area contributed by atoms with E-state index in [4.69, 9.17) is 9.26 Å². The average molecular weight is 379 g/mol. The van der Waals surface area contributed by atoms with E-state index in [2.05, 4.69) is 27.4 Å². The smallest absolute Gasteiger partial charge is 0.258 e. The minimum atomic E-state index is 0. The van der Waals surface area contributed by atoms with Gasteiger partial charge in [-0.05, 0) is 50.9 Å². The Morgan fingerprint density at radius 3 is 2.88 bits per heavy atom. The Bertz CT molecular complexity index is 702. The second-order valence-electron chi connectivity index (χ2n) is 7.06. The molecule has 142 valence electrons. The molecule has 0 amide bonds. The molecule has 1 aliphatic heterocycles. The Kier molecular flexibility index (Phi) is 6.51. The minimum absolute atomic E-state index is 0. The maximum absolute atomic E-state index is 6.15. The number of halogens is 1. The molecule has 2 aliphatic rings. The standard InChI is InChI=1S/C19H26N4O2.ClH/c1-23-11-10-20-13-17(23)18-21-19(25-22-18)14-6-5-9-16(12-14)24-15-7-3-2-4-8-15;/h5-6,9,12,15,17,20H,2-4,7-8,10-11,13H2,1H3;1H. The normalized spacial score (nSPS) is 22.0. The fourth-order valence-corrected chi connectivity index (χ4v) is 3.66. The number of rotatable bonds is 4. The molecule has 1 unspecified atom stereocenters. The molecule has 2 aromatic rings. The van der Waals surface area contributed by atoms with Crippen molar-refractivity contribution in [1.29, 1.82) is 0 Å². The lowest BCUT2D eigenvalue weighted by Gasteiger charge is -2.30. The van der Waals surface area contributed by atoms with E-state index >= 15 is 0 Å². The van der Waals surface area contributed by atoms with Gasteiger partial charge in [-0.2, -0.15) is 4.98 Å². The van der Waals surface area contributed by atoms with Gasteiger partial charge in [-0.25, -0.2) is 0 Å². The first-order valence-corrected chi connectivity index (χ1v) is 9.31. The van der Waals surface area contributed by atoms with Crippen LogP contribution in [0.5, 0.6) is 5.75 Å². The van der Waals surface area contributed by atoms with Crippen molar-refractivity contribution < 1.29 is 9.26 Å². The van der Waals surface area contributed by atoms with Gasteiger partial charge in [0.15, 0.2) is 5.82 Å². The van der Waals surface area contributed by atoms with Crippen LogP contribution in [0.15, 0.2) is 28.8 Å². The van der Waals surface area contributed by atoms with Gasteiger partial charge in [-0.3, -0.25) is 4.90 Å². The van der Waals surface area contributed by atoms with Crippen LogP contribution in [0.2, 0.25) is 0 Å². The van der Waals surface area contributed by atoms with Crippen molar-refractivity contribution in [2.75, 3.05) is 26.7 Å². The molecular formula is C19H27ClN4O2. The second-order valence-corrected chi connectivity index (χ2v) is 7.06. The Morgan fingerprint density at radius 1 is 1.23 bits per heavy atom. The highest BCUT2D eigenvalue weighted by Crippen LogP contribution is 2.28. The van der Waals surface area contributed by atoms with E-state index in [9.17, 15) is 0 Å². The summed E-state index contributed by atoms with van der Waals surface area (Å²) in [5.41, 5.74) is 0.915. The molecule has 1 aliphatic carbocycles. The first-order chi connectivity index (χ1) is 12.3. The fourth-order valence-electron chi connectivity index (χ4n) is 3.66. The van der Waals surface area contributed by atoms with Gasteiger partial charge in [0.05, 0.1) is 12.1 Å². The van der Waals surface area contributed by atoms with Gasteiger partial charge in [-0.15, -0.1) is 12.4 Å². The first kappa shape index (κ1) is 19.1. The quantitative estimate of drug-likeness (QED) is 0.879. The van der Waals surface area contributed by atoms with Crippen LogP contribution in [0.1, 0.15) is 44.0 Å². The number of hydrogen-bond acceptors (Lipinski definition) is 6. The summed E-state index contributed by atoms with van der Waals surface area (Å²) in [4.78, 5) is 6.89. The summed E-state index contributed by atoms with van der Waals surface area (Å²) in [7, 11) is 2.10. The van der Waals surface area contributed by atoms with Crippen LogP contribution in [0.3, 0.4) is 0 Å². The van der Waals surface area contributed by atoms with Crippen LogP contribution in [-0.4, -0.2) is 47.8 Å². The van der Waals surface area contributed by atoms with Crippen molar-refractivity contribution in [3.8, 4) is 17.2 Å². The van der Waals surface area contributed by atoms with Crippen LogP contribution in [0, 0.1) is 0 Å². The highest BCUT2D eigenvalue weighted by Gasteiger charge is 2.25. The number of nitrogens with zero attached hydrogens (tertiary/aromatic N) is 3. The van der Waals surface area contributed by atoms with Crippen molar-refractivity contribution in [2.45, 2.75) is 44.2 Å². The summed E-state index contributed by atoms with van der Waals surface area (Å²) in [5, 5.41) is 7.59. The largest absolute Gasteiger partial charge is 0.490 e. The second kappa shape index (κ2) is 8.84. The molecule has 6 nitrogen and oxygen atoms in total. The lowest BCUT2D eigenvalue weighted by Crippen LogP contribution is -2.44. The third kappa shape index (κ3) is 4.37. The molecule has 1 aromatic heterocycles. The summed E-state index contributed by atoms with van der Waals surface area (Å²) in [6.07, 6.45) is 6.49. The highest BCUT2D eigenvalue weighted by molar-refractivity contribution is 5.85. The lowest BCUT2D eigenvalue weighted by molar-refractivity contribution is 0.155. The van der Waals surface area contributed by atoms with Crippen LogP contribution < -0.4 is 10.1 Å². The molecule has 7 heteroatoms. The summed E-state index contributed by atoms with van der Waals surface area (Å²) in [6, 6.07) is 8.16. The Morgan fingerprint density at radius 2 is 2.08 bits per heavy atom. The molecular weight excluding hydrogens is 352 g/mol. The molecule has 2 fully saturated rings. The Balaban J connectivity index is 0.00000196. The summed E-state index contributed by atoms with van der Waals surface area (Å²) in [6.45, 7) is 2.83. The maximum Gasteiger partial charge on any atom is 0.258 e. The zero-order chi connectivity index (χ0) is 17.1. The number of benzene rings is 1. The van der Waals surface area contributed by atoms with Crippen molar-refractivity contribution in [3.63, 3.8) is 0 Å². The molecule has 2 heterocycles. The van der Waals surface area contributed by atoms with Crippen molar-refractivity contribution in [2.24, 2.45) is 0 Å². The van der Waals surface area contributed by atoms with Crippen molar-refractivity contribution in [3.05, 3.63) is 30.1 Å². The van der Waals surface area contributed by atoms with Gasteiger partial charge in [0, 0.05) is 25.2 Å². The predicted molar refractivity (Wildman–Crippen MR) is 103 cm³/mol. The van der Waals surface area contributed by atoms with E-state index in [0.29, 0.717) is 12.0 Å². The molecule has 0 bridgehead atoms. The molecule has 1 saturated heterocycles. The topological polar surface area (TPSA) is 63.4 Å². The number of piperazine rings is 1. The number of aromatic nitrogens is 2. The van der Waals surface area contributed by atoms with Crippen LogP contribution in [-0.2, 0) is 0 Å². The molecule has 1 saturated carbocycles. The number of hydrogen-bond donors (Lipinski definition) is 1. The Hall–Kier alpha value is -1.63. The highest BCUT2D eigenvalue weighted by atomic mass is 35.5. The molecule has 26 heavy (non-hydrogen) atoms. The van der Waals surface area contributed by atoms with Gasteiger partial charge in [0.1, 0.15) is 5.75 Å². The predicted octanol–water partition coefficient (Wildman–Crippen LogP) is 3.45. The SMILES string of the molecule is CN1CCNCC1c1noc(-c2cccc(OC3CCCCC3)c2)n1.Cl. The van der Waals surface area contributed by atoms with Crippen LogP contribution in [0.4, 0.5) is 0 Å². The van der Waals surface area contributed by atoms with E-state index < -0.39 is 0 Å². The monoisotopic (exact) mass is 378 g/mol. The molecule has 4 rings (SSSR count). The zero-order valence-electron chi connectivity index (χ0n) is 15.2. The van der Waals surface area contributed by atoms with E-state index in [1.807, 2.05) is 24.3 Å². The van der Waals surface area contributed by atoms with Gasteiger partial charge in [0.2, 0.25) is 0 Å². The number of ether oxygens (including phenoxy) is 1. The first-order valence-electron chi connectivity index (χ1n) is 9.31. The third-order valence-electron chi connectivity index (χ3n) is 5.19. The molecule has 0 radical (unpaired) electrons. The Labute approximate surface area is 160 Å². The molecule has 1 N–H and O–H groups in total. The van der Waals surface area contributed by atoms with Gasteiger partial charge < -0.3 is 14.6 Å². The lowest BCUT2D eigenvalue weighted by atomic mass is 9.98. The molecule has 0 spiro atoms. The fraction of sp³-hybridized carbons (Fsp3) is 0.579. The van der Waals surface area contributed by atoms with E-state index in [1.54, 1.807) is 0 Å². The summed E-state index contributed by atoms with van der Waals surface area (Å²) < 4.78 is 11.7. The summed E-state index contributed by atoms with van der Waals surface area (Å²) in [5.74, 6) is 2.19. The van der Waals surface area contributed by atoms with E-state index in [0.717, 1.165) is 49.6 Å². The average Bonchev–Trinajstić information content (AvgIpc) is 3.13. The van der Waals surface area contributed by atoms with Gasteiger partial charge >= 0.3 is 0 Å². The maximum atomic E-state index is 6.15. The van der Waals surface area contributed by atoms with Crippen LogP contribution in [0.25, 0.3) is 11.5 Å². The van der Waals surface area contributed by atoms with Crippen molar-refractivity contribution in [1.82, 2.24) is 20.4 Å². The van der Waals surface area contributed by atoms with E-state index in [-0.39, 0.29) is 18.4 Å². The minimum Gasteiger partial charge on any atom is -0.490 e. The third-order valence-corrected chi connectivity index (χ3v) is 5.19. The van der Waals surface area contributed by atoms with Gasteiger partial charge in [0.25, 0.3) is 5.89 Å². The van der Waals surface area contributed by atoms with E-state index in [1.165, 1.54) is 19.3 Å². The van der Waals surface area contributed by atoms with Gasteiger partial charge in [-0.1, -0.05) is 17.6 Å². The number of nitrogens with one attached hydrogen (secondary N) is 1. The zero-order valence-corrected chi connectivity index (χ0v) is 16.0. The van der Waals surface area contributed by atoms with Crippen molar-refractivity contribution >= 4 is 12.4 Å².